The molecule has 0 radical (unpaired) electrons. The molecule has 0 aliphatic rings. The molecular weight excluding hydrogens is 346 g/mol. The van der Waals surface area contributed by atoms with Crippen molar-refractivity contribution >= 4 is 35.0 Å². The molecule has 0 unspecified atom stereocenters. The molecule has 0 bridgehead atoms. The van der Waals surface area contributed by atoms with Gasteiger partial charge in [-0.25, -0.2) is 0 Å². The summed E-state index contributed by atoms with van der Waals surface area (Å²) in [5.41, 5.74) is 1.53. The molecule has 3 aromatic rings. The number of carbonyl (C=O) groups is 1. The van der Waals surface area contributed by atoms with Crippen molar-refractivity contribution in [2.45, 2.75) is 17.4 Å². The third-order valence-electron chi connectivity index (χ3n) is 3.19. The molecular formula is C17H14ClN3O2S. The maximum absolute atomic E-state index is 12.2. The van der Waals surface area contributed by atoms with Crippen LogP contribution in [-0.4, -0.2) is 21.4 Å². The monoisotopic (exact) mass is 359 g/mol. The number of benzene rings is 2. The van der Waals surface area contributed by atoms with E-state index in [0.717, 1.165) is 11.3 Å². The highest BCUT2D eigenvalue weighted by Gasteiger charge is 2.18. The van der Waals surface area contributed by atoms with Crippen LogP contribution in [0.3, 0.4) is 0 Å². The fourth-order valence-electron chi connectivity index (χ4n) is 1.94. The molecule has 0 saturated carbocycles. The first-order valence-electron chi connectivity index (χ1n) is 7.24. The van der Waals surface area contributed by atoms with Gasteiger partial charge in [0.1, 0.15) is 0 Å². The zero-order chi connectivity index (χ0) is 16.9. The van der Waals surface area contributed by atoms with E-state index < -0.39 is 0 Å². The zero-order valence-corrected chi connectivity index (χ0v) is 14.3. The maximum atomic E-state index is 12.2. The molecule has 0 spiro atoms. The van der Waals surface area contributed by atoms with Crippen molar-refractivity contribution in [1.29, 1.82) is 0 Å². The number of carbonyl (C=O) groups excluding carboxylic acids is 1. The van der Waals surface area contributed by atoms with Gasteiger partial charge >= 0.3 is 0 Å². The zero-order valence-electron chi connectivity index (χ0n) is 12.8. The van der Waals surface area contributed by atoms with E-state index in [1.807, 2.05) is 30.3 Å². The van der Waals surface area contributed by atoms with Crippen molar-refractivity contribution < 1.29 is 9.21 Å². The van der Waals surface area contributed by atoms with Gasteiger partial charge in [0, 0.05) is 16.3 Å². The van der Waals surface area contributed by atoms with E-state index in [4.69, 9.17) is 16.0 Å². The second kappa shape index (κ2) is 7.51. The second-order valence-electron chi connectivity index (χ2n) is 5.00. The minimum absolute atomic E-state index is 0.127. The van der Waals surface area contributed by atoms with E-state index in [9.17, 15) is 4.79 Å². The third kappa shape index (κ3) is 4.15. The highest BCUT2D eigenvalue weighted by molar-refractivity contribution is 8.00. The standard InChI is InChI=1S/C17H14ClN3O2S/c1-11(15(22)19-14-5-3-2-4-6-14)24-17-21-20-16(23-17)12-7-9-13(18)10-8-12/h2-11H,1H3,(H,19,22)/t11-/m0/s1. The predicted molar refractivity (Wildman–Crippen MR) is 95.1 cm³/mol. The van der Waals surface area contributed by atoms with Crippen LogP contribution >= 0.6 is 23.4 Å². The van der Waals surface area contributed by atoms with Crippen molar-refractivity contribution in [3.63, 3.8) is 0 Å². The third-order valence-corrected chi connectivity index (χ3v) is 4.37. The average molecular weight is 360 g/mol. The number of aromatic nitrogens is 2. The Labute approximate surface area is 148 Å². The summed E-state index contributed by atoms with van der Waals surface area (Å²) < 4.78 is 5.60. The number of amides is 1. The van der Waals surface area contributed by atoms with Crippen LogP contribution < -0.4 is 5.32 Å². The number of hydrogen-bond donors (Lipinski definition) is 1. The molecule has 0 aliphatic carbocycles. The summed E-state index contributed by atoms with van der Waals surface area (Å²) in [6.45, 7) is 1.79. The van der Waals surface area contributed by atoms with Crippen LogP contribution in [0.15, 0.2) is 64.2 Å². The lowest BCUT2D eigenvalue weighted by Crippen LogP contribution is -2.22. The summed E-state index contributed by atoms with van der Waals surface area (Å²) in [7, 11) is 0. The Kier molecular flexibility index (Phi) is 5.17. The van der Waals surface area contributed by atoms with Crippen LogP contribution in [0, 0.1) is 0 Å². The van der Waals surface area contributed by atoms with Crippen LogP contribution in [0.4, 0.5) is 5.69 Å². The lowest BCUT2D eigenvalue weighted by atomic mass is 10.2. The number of anilines is 1. The number of nitrogens with one attached hydrogen (secondary N) is 1. The minimum Gasteiger partial charge on any atom is -0.411 e. The van der Waals surface area contributed by atoms with Crippen LogP contribution in [-0.2, 0) is 4.79 Å². The Morgan fingerprint density at radius 1 is 1.12 bits per heavy atom. The summed E-state index contributed by atoms with van der Waals surface area (Å²) in [4.78, 5) is 12.2. The molecule has 1 aromatic heterocycles. The SMILES string of the molecule is C[C@H](Sc1nnc(-c2ccc(Cl)cc2)o1)C(=O)Nc1ccccc1. The van der Waals surface area contributed by atoms with E-state index >= 15 is 0 Å². The molecule has 122 valence electrons. The molecule has 2 aromatic carbocycles. The first-order valence-corrected chi connectivity index (χ1v) is 8.49. The second-order valence-corrected chi connectivity index (χ2v) is 6.72. The molecule has 7 heteroatoms. The van der Waals surface area contributed by atoms with Gasteiger partial charge in [-0.2, -0.15) is 0 Å². The van der Waals surface area contributed by atoms with E-state index in [0.29, 0.717) is 16.1 Å². The Bertz CT molecular complexity index is 821. The summed E-state index contributed by atoms with van der Waals surface area (Å²) in [6, 6.07) is 16.4. The predicted octanol–water partition coefficient (Wildman–Crippen LogP) is 4.51. The smallest absolute Gasteiger partial charge is 0.277 e. The number of hydrogen-bond acceptors (Lipinski definition) is 5. The first kappa shape index (κ1) is 16.5. The molecule has 1 N–H and O–H groups in total. The summed E-state index contributed by atoms with van der Waals surface area (Å²) in [5.74, 6) is 0.266. The van der Waals surface area contributed by atoms with E-state index in [-0.39, 0.29) is 11.2 Å². The van der Waals surface area contributed by atoms with Crippen LogP contribution in [0.5, 0.6) is 0 Å². The maximum Gasteiger partial charge on any atom is 0.277 e. The van der Waals surface area contributed by atoms with Gasteiger partial charge in [-0.05, 0) is 43.3 Å². The van der Waals surface area contributed by atoms with Crippen molar-refractivity contribution in [3.8, 4) is 11.5 Å². The lowest BCUT2D eigenvalue weighted by Gasteiger charge is -2.09. The Morgan fingerprint density at radius 3 is 2.54 bits per heavy atom. The van der Waals surface area contributed by atoms with E-state index in [1.54, 1.807) is 31.2 Å². The molecule has 1 heterocycles. The Morgan fingerprint density at radius 2 is 1.83 bits per heavy atom. The van der Waals surface area contributed by atoms with Gasteiger partial charge in [0.2, 0.25) is 11.8 Å². The normalized spacial score (nSPS) is 11.9. The summed E-state index contributed by atoms with van der Waals surface area (Å²) >= 11 is 7.07. The molecule has 1 atom stereocenters. The van der Waals surface area contributed by atoms with Crippen LogP contribution in [0.25, 0.3) is 11.5 Å². The summed E-state index contributed by atoms with van der Waals surface area (Å²) in [6.07, 6.45) is 0. The lowest BCUT2D eigenvalue weighted by molar-refractivity contribution is -0.115. The van der Waals surface area contributed by atoms with E-state index in [2.05, 4.69) is 15.5 Å². The molecule has 0 saturated heterocycles. The molecule has 1 amide bonds. The summed E-state index contributed by atoms with van der Waals surface area (Å²) in [5, 5.41) is 11.4. The fraction of sp³-hybridized carbons (Fsp3) is 0.118. The number of nitrogens with zero attached hydrogens (tertiary/aromatic N) is 2. The number of halogens is 1. The molecule has 5 nitrogen and oxygen atoms in total. The average Bonchev–Trinajstić information content (AvgIpc) is 3.05. The van der Waals surface area contributed by atoms with Gasteiger partial charge in [0.15, 0.2) is 0 Å². The molecule has 3 rings (SSSR count). The van der Waals surface area contributed by atoms with Crippen molar-refractivity contribution in [1.82, 2.24) is 10.2 Å². The van der Waals surface area contributed by atoms with Crippen LogP contribution in [0.2, 0.25) is 5.02 Å². The molecule has 0 aliphatic heterocycles. The highest BCUT2D eigenvalue weighted by atomic mass is 35.5. The largest absolute Gasteiger partial charge is 0.411 e. The Balaban J connectivity index is 1.63. The van der Waals surface area contributed by atoms with Gasteiger partial charge < -0.3 is 9.73 Å². The van der Waals surface area contributed by atoms with Crippen LogP contribution in [0.1, 0.15) is 6.92 Å². The quantitative estimate of drug-likeness (QED) is 0.679. The van der Waals surface area contributed by atoms with Gasteiger partial charge in [-0.1, -0.05) is 41.6 Å². The van der Waals surface area contributed by atoms with Crippen molar-refractivity contribution in [2.24, 2.45) is 0 Å². The van der Waals surface area contributed by atoms with Crippen molar-refractivity contribution in [3.05, 3.63) is 59.6 Å². The van der Waals surface area contributed by atoms with Gasteiger partial charge in [0.25, 0.3) is 5.22 Å². The Hall–Kier alpha value is -2.31. The first-order chi connectivity index (χ1) is 11.6. The number of thioether (sulfide) groups is 1. The topological polar surface area (TPSA) is 68.0 Å². The van der Waals surface area contributed by atoms with Crippen molar-refractivity contribution in [2.75, 3.05) is 5.32 Å². The number of rotatable bonds is 5. The van der Waals surface area contributed by atoms with E-state index in [1.165, 1.54) is 11.8 Å². The molecule has 24 heavy (non-hydrogen) atoms. The van der Waals surface area contributed by atoms with Gasteiger partial charge in [0.05, 0.1) is 5.25 Å². The highest BCUT2D eigenvalue weighted by Crippen LogP contribution is 2.27. The minimum atomic E-state index is -0.372. The van der Waals surface area contributed by atoms with Gasteiger partial charge in [-0.15, -0.1) is 10.2 Å². The molecule has 0 fully saturated rings. The number of para-hydroxylation sites is 1. The fourth-order valence-corrected chi connectivity index (χ4v) is 2.75. The van der Waals surface area contributed by atoms with Gasteiger partial charge in [-0.3, -0.25) is 4.79 Å².